The van der Waals surface area contributed by atoms with Gasteiger partial charge in [-0.3, -0.25) is 4.79 Å². The first-order valence-electron chi connectivity index (χ1n) is 9.18. The van der Waals surface area contributed by atoms with Crippen LogP contribution in [0.15, 0.2) is 18.2 Å². The Hall–Kier alpha value is -2.77. The first-order chi connectivity index (χ1) is 12.9. The lowest BCUT2D eigenvalue weighted by Gasteiger charge is -2.30. The van der Waals surface area contributed by atoms with Crippen LogP contribution in [-0.2, 0) is 4.74 Å². The molecule has 1 aromatic carbocycles. The first-order valence-corrected chi connectivity index (χ1v) is 9.18. The summed E-state index contributed by atoms with van der Waals surface area (Å²) >= 11 is 0. The highest BCUT2D eigenvalue weighted by Gasteiger charge is 2.34. The van der Waals surface area contributed by atoms with Gasteiger partial charge in [0, 0.05) is 13.1 Å². The molecule has 0 spiro atoms. The van der Waals surface area contributed by atoms with E-state index in [1.54, 1.807) is 38.8 Å². The summed E-state index contributed by atoms with van der Waals surface area (Å²) < 4.78 is 11.3. The van der Waals surface area contributed by atoms with Gasteiger partial charge in [-0.1, -0.05) is 6.07 Å². The van der Waals surface area contributed by atoms with Crippen molar-refractivity contribution in [1.29, 1.82) is 0 Å². The number of para-hydroxylation sites is 1. The number of nitrogens with zero attached hydrogens (tertiary/aromatic N) is 2. The highest BCUT2D eigenvalue weighted by molar-refractivity contribution is 6.02. The van der Waals surface area contributed by atoms with Gasteiger partial charge in [-0.25, -0.2) is 9.59 Å². The minimum atomic E-state index is -1.18. The van der Waals surface area contributed by atoms with Gasteiger partial charge in [0.25, 0.3) is 5.91 Å². The van der Waals surface area contributed by atoms with E-state index in [1.807, 2.05) is 13.8 Å². The van der Waals surface area contributed by atoms with Gasteiger partial charge >= 0.3 is 12.1 Å². The van der Waals surface area contributed by atoms with E-state index in [9.17, 15) is 19.5 Å². The number of amides is 2. The second-order valence-corrected chi connectivity index (χ2v) is 8.14. The van der Waals surface area contributed by atoms with Crippen LogP contribution < -0.4 is 4.74 Å². The molecule has 0 saturated carbocycles. The second kappa shape index (κ2) is 8.08. The third kappa shape index (κ3) is 4.94. The van der Waals surface area contributed by atoms with Crippen molar-refractivity contribution in [3.63, 3.8) is 0 Å². The molecule has 1 aromatic rings. The number of aromatic carboxylic acids is 1. The van der Waals surface area contributed by atoms with Crippen molar-refractivity contribution in [3.05, 3.63) is 29.3 Å². The zero-order valence-electron chi connectivity index (χ0n) is 17.2. The van der Waals surface area contributed by atoms with Gasteiger partial charge in [0.05, 0.1) is 18.7 Å². The molecule has 1 N–H and O–H groups in total. The van der Waals surface area contributed by atoms with E-state index in [-0.39, 0.29) is 41.9 Å². The molecule has 2 rings (SSSR count). The van der Waals surface area contributed by atoms with Crippen molar-refractivity contribution < 1.29 is 29.0 Å². The van der Waals surface area contributed by atoms with Gasteiger partial charge in [0.15, 0.2) is 0 Å². The summed E-state index contributed by atoms with van der Waals surface area (Å²) in [5, 5.41) is 9.49. The Labute approximate surface area is 165 Å². The molecule has 0 fully saturated rings. The molecule has 0 aromatic heterocycles. The molecular weight excluding hydrogens is 364 g/mol. The Kier molecular flexibility index (Phi) is 6.21. The van der Waals surface area contributed by atoms with E-state index in [0.717, 1.165) is 0 Å². The van der Waals surface area contributed by atoms with Crippen molar-refractivity contribution in [1.82, 2.24) is 9.80 Å². The standard InChI is InChI=1S/C20H28N2O6/c1-12(2)22-11-13(10-21(6)19(26)28-20(3,4)5)27-16-14(17(22)23)8-7-9-15(16)18(24)25/h7-9,12-13H,10-11H2,1-6H3,(H,24,25). The maximum atomic E-state index is 13.0. The molecule has 8 heteroatoms. The number of carbonyl (C=O) groups is 3. The van der Waals surface area contributed by atoms with Gasteiger partial charge in [0.1, 0.15) is 23.0 Å². The Morgan fingerprint density at radius 3 is 2.54 bits per heavy atom. The molecule has 1 heterocycles. The molecule has 2 amide bonds. The van der Waals surface area contributed by atoms with Gasteiger partial charge < -0.3 is 24.4 Å². The number of fused-ring (bicyclic) bond motifs is 1. The van der Waals surface area contributed by atoms with E-state index in [2.05, 4.69) is 0 Å². The number of carboxylic acid groups (broad SMARTS) is 1. The van der Waals surface area contributed by atoms with Crippen molar-refractivity contribution in [2.45, 2.75) is 52.4 Å². The van der Waals surface area contributed by atoms with Crippen LogP contribution in [-0.4, -0.2) is 70.8 Å². The molecule has 28 heavy (non-hydrogen) atoms. The molecule has 0 bridgehead atoms. The fraction of sp³-hybridized carbons (Fsp3) is 0.550. The third-order valence-corrected chi connectivity index (χ3v) is 4.23. The highest BCUT2D eigenvalue weighted by Crippen LogP contribution is 2.30. The minimum absolute atomic E-state index is 0.0331. The molecule has 1 aliphatic heterocycles. The van der Waals surface area contributed by atoms with E-state index >= 15 is 0 Å². The fourth-order valence-electron chi connectivity index (χ4n) is 2.92. The van der Waals surface area contributed by atoms with Crippen LogP contribution in [0.1, 0.15) is 55.3 Å². The predicted molar refractivity (Wildman–Crippen MR) is 103 cm³/mol. The molecule has 1 atom stereocenters. The lowest BCUT2D eigenvalue weighted by molar-refractivity contribution is 0.0199. The number of carboxylic acids is 1. The number of likely N-dealkylation sites (N-methyl/N-ethyl adjacent to an activating group) is 1. The summed E-state index contributed by atoms with van der Waals surface area (Å²) in [6.45, 7) is 9.42. The maximum Gasteiger partial charge on any atom is 0.410 e. The fourth-order valence-corrected chi connectivity index (χ4v) is 2.92. The molecule has 8 nitrogen and oxygen atoms in total. The van der Waals surface area contributed by atoms with Gasteiger partial charge in [-0.2, -0.15) is 0 Å². The summed E-state index contributed by atoms with van der Waals surface area (Å²) in [6.07, 6.45) is -1.12. The van der Waals surface area contributed by atoms with Crippen LogP contribution in [0.3, 0.4) is 0 Å². The monoisotopic (exact) mass is 392 g/mol. The molecular formula is C20H28N2O6. The van der Waals surface area contributed by atoms with Crippen molar-refractivity contribution >= 4 is 18.0 Å². The maximum absolute atomic E-state index is 13.0. The Balaban J connectivity index is 2.35. The van der Waals surface area contributed by atoms with Gasteiger partial charge in [-0.15, -0.1) is 0 Å². The summed E-state index contributed by atoms with van der Waals surface area (Å²) in [5.41, 5.74) is -0.518. The van der Waals surface area contributed by atoms with Crippen LogP contribution >= 0.6 is 0 Å². The quantitative estimate of drug-likeness (QED) is 0.846. The Morgan fingerprint density at radius 1 is 1.36 bits per heavy atom. The molecule has 0 aliphatic carbocycles. The number of ether oxygens (including phenoxy) is 2. The van der Waals surface area contributed by atoms with E-state index in [0.29, 0.717) is 0 Å². The Bertz CT molecular complexity index is 768. The topological polar surface area (TPSA) is 96.4 Å². The summed E-state index contributed by atoms with van der Waals surface area (Å²) in [7, 11) is 1.58. The average molecular weight is 392 g/mol. The normalized spacial score (nSPS) is 16.9. The second-order valence-electron chi connectivity index (χ2n) is 8.14. The van der Waals surface area contributed by atoms with Crippen LogP contribution in [0.2, 0.25) is 0 Å². The summed E-state index contributed by atoms with van der Waals surface area (Å²) in [4.78, 5) is 39.8. The highest BCUT2D eigenvalue weighted by atomic mass is 16.6. The average Bonchev–Trinajstić information content (AvgIpc) is 2.70. The van der Waals surface area contributed by atoms with E-state index < -0.39 is 23.8 Å². The summed E-state index contributed by atoms with van der Waals surface area (Å²) in [5.74, 6) is -1.44. The minimum Gasteiger partial charge on any atom is -0.485 e. The van der Waals surface area contributed by atoms with Crippen LogP contribution in [0.4, 0.5) is 4.79 Å². The van der Waals surface area contributed by atoms with Crippen LogP contribution in [0.25, 0.3) is 0 Å². The molecule has 154 valence electrons. The first kappa shape index (κ1) is 21.5. The SMILES string of the molecule is CC(C)N1CC(CN(C)C(=O)OC(C)(C)C)Oc2c(C(=O)O)cccc2C1=O. The van der Waals surface area contributed by atoms with Crippen LogP contribution in [0, 0.1) is 0 Å². The molecule has 0 saturated heterocycles. The lowest BCUT2D eigenvalue weighted by atomic mass is 10.1. The van der Waals surface area contributed by atoms with E-state index in [1.165, 1.54) is 17.0 Å². The zero-order valence-corrected chi connectivity index (χ0v) is 17.2. The smallest absolute Gasteiger partial charge is 0.410 e. The summed E-state index contributed by atoms with van der Waals surface area (Å²) in [6, 6.07) is 4.35. The van der Waals surface area contributed by atoms with Crippen molar-refractivity contribution in [3.8, 4) is 5.75 Å². The van der Waals surface area contributed by atoms with E-state index in [4.69, 9.17) is 9.47 Å². The Morgan fingerprint density at radius 2 is 2.00 bits per heavy atom. The molecule has 1 unspecified atom stereocenters. The van der Waals surface area contributed by atoms with Gasteiger partial charge in [0.2, 0.25) is 0 Å². The number of carbonyl (C=O) groups excluding carboxylic acids is 2. The van der Waals surface area contributed by atoms with Gasteiger partial charge in [-0.05, 0) is 46.8 Å². The number of hydrogen-bond donors (Lipinski definition) is 1. The molecule has 0 radical (unpaired) electrons. The predicted octanol–water partition coefficient (Wildman–Crippen LogP) is 2.86. The molecule has 1 aliphatic rings. The number of hydrogen-bond acceptors (Lipinski definition) is 5. The number of rotatable bonds is 4. The van der Waals surface area contributed by atoms with Crippen molar-refractivity contribution in [2.24, 2.45) is 0 Å². The third-order valence-electron chi connectivity index (χ3n) is 4.23. The number of benzene rings is 1. The van der Waals surface area contributed by atoms with Crippen molar-refractivity contribution in [2.75, 3.05) is 20.1 Å². The zero-order chi connectivity index (χ0) is 21.2. The lowest BCUT2D eigenvalue weighted by Crippen LogP contribution is -2.47. The largest absolute Gasteiger partial charge is 0.485 e. The van der Waals surface area contributed by atoms with Crippen LogP contribution in [0.5, 0.6) is 5.75 Å².